The number of hydrogen-bond acceptors (Lipinski definition) is 18. The van der Waals surface area contributed by atoms with Crippen LogP contribution in [-0.4, -0.2) is 187 Å². The third kappa shape index (κ3) is 27.3. The van der Waals surface area contributed by atoms with Gasteiger partial charge in [0.1, 0.15) is 60.4 Å². The van der Waals surface area contributed by atoms with Gasteiger partial charge in [-0.25, -0.2) is 0 Å². The van der Waals surface area contributed by atoms with Crippen LogP contribution in [0.2, 0.25) is 0 Å². The van der Waals surface area contributed by atoms with Crippen LogP contribution in [0.25, 0.3) is 0 Å². The van der Waals surface area contributed by atoms with Crippen LogP contribution in [-0.2, 0) is 52.7 Å². The second-order valence-corrected chi connectivity index (χ2v) is 22.0. The summed E-state index contributed by atoms with van der Waals surface area (Å²) < 4.78 is 0. The van der Waals surface area contributed by atoms with Gasteiger partial charge >= 0.3 is 0 Å². The molecule has 29 nitrogen and oxygen atoms in total. The molecule has 23 N–H and O–H groups in total. The van der Waals surface area contributed by atoms with Crippen LogP contribution in [0, 0.1) is 17.8 Å². The molecule has 0 aromatic carbocycles. The number of carbonyl (C=O) groups excluding carboxylic acids is 11. The van der Waals surface area contributed by atoms with Crippen molar-refractivity contribution in [3.63, 3.8) is 0 Å². The van der Waals surface area contributed by atoms with Crippen molar-refractivity contribution in [1.82, 2.24) is 58.5 Å². The van der Waals surface area contributed by atoms with Crippen molar-refractivity contribution >= 4 is 65.0 Å². The first kappa shape index (κ1) is 73.9. The molecule has 0 aromatic heterocycles. The van der Waals surface area contributed by atoms with Crippen LogP contribution < -0.4 is 87.2 Å². The average Bonchev–Trinajstić information content (AvgIpc) is 3.41. The van der Waals surface area contributed by atoms with Gasteiger partial charge in [0.2, 0.25) is 65.0 Å². The lowest BCUT2D eigenvalue weighted by atomic mass is 9.99. The highest BCUT2D eigenvalue weighted by Gasteiger charge is 2.37. The minimum atomic E-state index is -1.69. The first-order chi connectivity index (χ1) is 38.7. The van der Waals surface area contributed by atoms with Crippen LogP contribution in [0.15, 0.2) is 0 Å². The summed E-state index contributed by atoms with van der Waals surface area (Å²) in [6, 6.07) is -14.5. The normalized spacial score (nSPS) is 23.4. The van der Waals surface area contributed by atoms with Gasteiger partial charge in [0.15, 0.2) is 0 Å². The molecule has 1 saturated heterocycles. The van der Waals surface area contributed by atoms with E-state index in [0.717, 1.165) is 19.3 Å². The Hall–Kier alpha value is -6.11. The summed E-state index contributed by atoms with van der Waals surface area (Å²) in [5.41, 5.74) is 29.2. The van der Waals surface area contributed by atoms with Crippen molar-refractivity contribution in [1.29, 1.82) is 0 Å². The predicted octanol–water partition coefficient (Wildman–Crippen LogP) is -5.44. The molecule has 29 heteroatoms. The fourth-order valence-electron chi connectivity index (χ4n) is 8.76. The molecule has 1 aliphatic heterocycles. The number of amides is 11. The molecular weight excluding hydrogens is 1070 g/mol. The summed E-state index contributed by atoms with van der Waals surface area (Å²) in [5, 5.41) is 49.5. The van der Waals surface area contributed by atoms with Crippen LogP contribution in [0.5, 0.6) is 0 Å². The minimum Gasteiger partial charge on any atom is -0.391 e. The molecule has 2 unspecified atom stereocenters. The van der Waals surface area contributed by atoms with Crippen molar-refractivity contribution < 1.29 is 63.0 Å². The summed E-state index contributed by atoms with van der Waals surface area (Å²) in [6.45, 7) is 12.6. The molecule has 0 spiro atoms. The Kier molecular flexibility index (Phi) is 35.5. The number of nitrogens with one attached hydrogen (secondary N) is 11. The maximum atomic E-state index is 14.4. The topological polar surface area (TPSA) is 491 Å². The van der Waals surface area contributed by atoms with Gasteiger partial charge in [0.05, 0.1) is 12.2 Å². The van der Waals surface area contributed by atoms with E-state index < -0.39 is 151 Å². The lowest BCUT2D eigenvalue weighted by Gasteiger charge is -2.29. The first-order valence-electron chi connectivity index (χ1n) is 28.8. The molecule has 0 radical (unpaired) electrons. The molecule has 1 rings (SSSR count). The molecule has 11 amide bonds. The van der Waals surface area contributed by atoms with E-state index >= 15 is 0 Å². The van der Waals surface area contributed by atoms with Gasteiger partial charge in [-0.15, -0.1) is 0 Å². The number of carbonyl (C=O) groups is 11. The zero-order valence-corrected chi connectivity index (χ0v) is 49.4. The molecule has 82 heavy (non-hydrogen) atoms. The van der Waals surface area contributed by atoms with E-state index in [1.165, 1.54) is 13.8 Å². The highest BCUT2D eigenvalue weighted by molar-refractivity contribution is 5.99. The zero-order valence-electron chi connectivity index (χ0n) is 49.4. The average molecular weight is 1170 g/mol. The van der Waals surface area contributed by atoms with Crippen LogP contribution in [0.3, 0.4) is 0 Å². The van der Waals surface area contributed by atoms with Gasteiger partial charge in [-0.1, -0.05) is 60.8 Å². The van der Waals surface area contributed by atoms with Crippen LogP contribution in [0.1, 0.15) is 139 Å². The van der Waals surface area contributed by atoms with Crippen molar-refractivity contribution in [3.05, 3.63) is 0 Å². The van der Waals surface area contributed by atoms with Crippen molar-refractivity contribution in [3.8, 4) is 0 Å². The monoisotopic (exact) mass is 1170 g/mol. The molecule has 0 aliphatic carbocycles. The third-order valence-corrected chi connectivity index (χ3v) is 13.7. The molecule has 0 aromatic rings. The lowest BCUT2D eigenvalue weighted by molar-refractivity contribution is -0.137. The smallest absolute Gasteiger partial charge is 0.245 e. The molecule has 13 atom stereocenters. The van der Waals surface area contributed by atoms with E-state index in [9.17, 15) is 63.0 Å². The van der Waals surface area contributed by atoms with E-state index in [2.05, 4.69) is 72.3 Å². The van der Waals surface area contributed by atoms with Crippen LogP contribution >= 0.6 is 0 Å². The van der Waals surface area contributed by atoms with Gasteiger partial charge in [0.25, 0.3) is 0 Å². The van der Waals surface area contributed by atoms with E-state index in [4.69, 9.17) is 28.7 Å². The fraction of sp³-hybridized carbons (Fsp3) is 0.792. The quantitative estimate of drug-likeness (QED) is 0.0311. The van der Waals surface area contributed by atoms with Gasteiger partial charge < -0.3 is 97.4 Å². The number of aliphatic hydroxyl groups is 2. The third-order valence-electron chi connectivity index (χ3n) is 13.7. The second-order valence-electron chi connectivity index (χ2n) is 22.0. The van der Waals surface area contributed by atoms with Crippen molar-refractivity contribution in [2.45, 2.75) is 211 Å². The summed E-state index contributed by atoms with van der Waals surface area (Å²) >= 11 is 0. The largest absolute Gasteiger partial charge is 0.391 e. The number of nitrogens with two attached hydrogens (primary N) is 5. The molecular formula is C53H100N16O13. The molecule has 1 aliphatic rings. The molecule has 0 saturated carbocycles. The second kappa shape index (κ2) is 39.4. The van der Waals surface area contributed by atoms with E-state index in [1.54, 1.807) is 27.7 Å². The van der Waals surface area contributed by atoms with Crippen molar-refractivity contribution in [2.75, 3.05) is 39.3 Å². The van der Waals surface area contributed by atoms with Gasteiger partial charge in [-0.05, 0) is 122 Å². The van der Waals surface area contributed by atoms with E-state index in [-0.39, 0.29) is 95.9 Å². The highest BCUT2D eigenvalue weighted by atomic mass is 16.3. The van der Waals surface area contributed by atoms with E-state index in [1.807, 2.05) is 0 Å². The Morgan fingerprint density at radius 3 is 1.39 bits per heavy atom. The maximum Gasteiger partial charge on any atom is 0.245 e. The highest BCUT2D eigenvalue weighted by Crippen LogP contribution is 2.14. The Morgan fingerprint density at radius 1 is 0.524 bits per heavy atom. The first-order valence-corrected chi connectivity index (χ1v) is 28.8. The number of hydrogen-bond donors (Lipinski definition) is 18. The summed E-state index contributed by atoms with van der Waals surface area (Å²) in [5.74, 6) is -9.49. The van der Waals surface area contributed by atoms with Gasteiger partial charge in [0, 0.05) is 13.0 Å². The molecule has 470 valence electrons. The van der Waals surface area contributed by atoms with Gasteiger partial charge in [-0.3, -0.25) is 52.7 Å². The maximum absolute atomic E-state index is 14.4. The summed E-state index contributed by atoms with van der Waals surface area (Å²) in [6.07, 6.45) is -0.760. The lowest BCUT2D eigenvalue weighted by Crippen LogP contribution is -2.62. The summed E-state index contributed by atoms with van der Waals surface area (Å²) in [4.78, 5) is 153. The molecule has 1 fully saturated rings. The number of rotatable bonds is 29. The molecule has 0 bridgehead atoms. The number of aliphatic hydroxyl groups excluding tert-OH is 2. The zero-order chi connectivity index (χ0) is 62.2. The summed E-state index contributed by atoms with van der Waals surface area (Å²) in [7, 11) is 0. The van der Waals surface area contributed by atoms with Crippen LogP contribution in [0.4, 0.5) is 0 Å². The Labute approximate surface area is 482 Å². The predicted molar refractivity (Wildman–Crippen MR) is 305 cm³/mol. The minimum absolute atomic E-state index is 0.0131. The fourth-order valence-corrected chi connectivity index (χ4v) is 8.76. The number of unbranched alkanes of at least 4 members (excludes halogenated alkanes) is 1. The Bertz CT molecular complexity index is 2070. The van der Waals surface area contributed by atoms with E-state index in [0.29, 0.717) is 12.3 Å². The Balaban J connectivity index is 3.81. The standard InChI is InChI=1S/C53H100N16O13/c1-9-30(6)12-10-11-13-41(72)60-33(14-20-54)48(77)69-43(32(8)71)53(82)65-36(17-23-57)45(74)64-38-19-25-59-52(81)42(31(7)70)68-49(78)37(18-24-58)62-44(73)34(15-21-55)63-50(79)39(26-28(2)3)67-51(80)40(27-29(4)5)66-46(75)35(16-22-56)61-47(38)76/h28-40,42-43,70-71H,9-27,54-58H2,1-8H3,(H,59,81)(H,60,72)(H,61,76)(H,62,73)(H,63,79)(H,64,74)(H,65,82)(H,66,75)(H,67,80)(H,68,78)(H,69,77)/t30-,31-,32-,33+,34+,35+,36+,37+,38?,39+,40?,42+,43+/m1/s1. The van der Waals surface area contributed by atoms with Gasteiger partial charge in [-0.2, -0.15) is 0 Å². The van der Waals surface area contributed by atoms with Crippen molar-refractivity contribution in [2.24, 2.45) is 46.4 Å². The SMILES string of the molecule is CC[C@@H](C)CCCCC(=O)N[C@@H](CCN)C(=O)N[C@H](C(=O)N[C@@H](CCN)C(=O)NC1CCNC(=O)[C@H]([C@@H](C)O)NC(=O)[C@H](CCN)NC(=O)[C@H](CCN)NC(=O)[C@H](CC(C)C)NC(=O)C(CC(C)C)NC(=O)[C@H](CCN)NC1=O)[C@@H](C)O. The molecule has 1 heterocycles. The Morgan fingerprint density at radius 2 is 0.963 bits per heavy atom.